The lowest BCUT2D eigenvalue weighted by atomic mass is 10.5. The lowest BCUT2D eigenvalue weighted by molar-refractivity contribution is 0.0687. The number of aromatic nitrogens is 1. The molecule has 1 heterocycles. The van der Waals surface area contributed by atoms with E-state index in [4.69, 9.17) is 5.11 Å². The van der Waals surface area contributed by atoms with Gasteiger partial charge in [-0.05, 0) is 0 Å². The van der Waals surface area contributed by atoms with Crippen molar-refractivity contribution in [2.24, 2.45) is 0 Å². The SMILES string of the molecule is C=CCSCCNS(=O)(=O)c1scnc1C(=O)O. The highest BCUT2D eigenvalue weighted by atomic mass is 32.2. The lowest BCUT2D eigenvalue weighted by Crippen LogP contribution is -2.26. The van der Waals surface area contributed by atoms with Crippen LogP contribution in [0, 0.1) is 0 Å². The highest BCUT2D eigenvalue weighted by Crippen LogP contribution is 2.19. The number of carboxylic acid groups (broad SMARTS) is 1. The van der Waals surface area contributed by atoms with Crippen molar-refractivity contribution in [3.63, 3.8) is 0 Å². The third-order valence-corrected chi connectivity index (χ3v) is 5.55. The largest absolute Gasteiger partial charge is 0.476 e. The summed E-state index contributed by atoms with van der Waals surface area (Å²) in [5, 5.41) is 8.80. The molecule has 18 heavy (non-hydrogen) atoms. The van der Waals surface area contributed by atoms with Crippen LogP contribution >= 0.6 is 23.1 Å². The number of rotatable bonds is 8. The summed E-state index contributed by atoms with van der Waals surface area (Å²) in [6.07, 6.45) is 1.73. The van der Waals surface area contributed by atoms with Gasteiger partial charge in [0.25, 0.3) is 10.0 Å². The van der Waals surface area contributed by atoms with Gasteiger partial charge in [0.2, 0.25) is 0 Å². The van der Waals surface area contributed by atoms with Gasteiger partial charge < -0.3 is 5.11 Å². The van der Waals surface area contributed by atoms with Gasteiger partial charge in [-0.3, -0.25) is 0 Å². The number of thiazole rings is 1. The topological polar surface area (TPSA) is 96.4 Å². The Hall–Kier alpha value is -0.900. The first-order valence-electron chi connectivity index (χ1n) is 4.84. The van der Waals surface area contributed by atoms with E-state index in [1.165, 1.54) is 17.3 Å². The monoisotopic (exact) mass is 308 g/mol. The van der Waals surface area contributed by atoms with Crippen LogP contribution in [0.25, 0.3) is 0 Å². The van der Waals surface area contributed by atoms with E-state index >= 15 is 0 Å². The Morgan fingerprint density at radius 3 is 3.00 bits per heavy atom. The summed E-state index contributed by atoms with van der Waals surface area (Å²) >= 11 is 2.32. The predicted octanol–water partition coefficient (Wildman–Crippen LogP) is 1.04. The van der Waals surface area contributed by atoms with Gasteiger partial charge in [-0.2, -0.15) is 11.8 Å². The van der Waals surface area contributed by atoms with Crippen LogP contribution in [-0.2, 0) is 10.0 Å². The van der Waals surface area contributed by atoms with Crippen molar-refractivity contribution in [2.45, 2.75) is 4.21 Å². The summed E-state index contributed by atoms with van der Waals surface area (Å²) in [5.74, 6) is -0.0209. The fourth-order valence-corrected chi connectivity index (χ4v) is 3.97. The van der Waals surface area contributed by atoms with Gasteiger partial charge in [-0.15, -0.1) is 17.9 Å². The van der Waals surface area contributed by atoms with E-state index in [9.17, 15) is 13.2 Å². The maximum absolute atomic E-state index is 11.8. The van der Waals surface area contributed by atoms with Gasteiger partial charge in [0.1, 0.15) is 0 Å². The summed E-state index contributed by atoms with van der Waals surface area (Å²) in [6, 6.07) is 0. The maximum atomic E-state index is 11.8. The van der Waals surface area contributed by atoms with Crippen molar-refractivity contribution < 1.29 is 18.3 Å². The van der Waals surface area contributed by atoms with Crippen molar-refractivity contribution in [1.82, 2.24) is 9.71 Å². The second kappa shape index (κ2) is 6.88. The van der Waals surface area contributed by atoms with E-state index in [1.54, 1.807) is 6.08 Å². The van der Waals surface area contributed by atoms with E-state index in [-0.39, 0.29) is 10.8 Å². The van der Waals surface area contributed by atoms with Gasteiger partial charge in [0.05, 0.1) is 5.51 Å². The van der Waals surface area contributed by atoms with Gasteiger partial charge in [0, 0.05) is 18.1 Å². The van der Waals surface area contributed by atoms with Crippen molar-refractivity contribution in [1.29, 1.82) is 0 Å². The number of carboxylic acids is 1. The van der Waals surface area contributed by atoms with Crippen molar-refractivity contribution in [3.8, 4) is 0 Å². The molecule has 0 saturated carbocycles. The zero-order valence-electron chi connectivity index (χ0n) is 9.33. The Bertz CT molecular complexity index is 524. The predicted molar refractivity (Wildman–Crippen MR) is 71.8 cm³/mol. The number of nitrogens with zero attached hydrogens (tertiary/aromatic N) is 1. The highest BCUT2D eigenvalue weighted by Gasteiger charge is 2.25. The molecule has 0 aliphatic rings. The van der Waals surface area contributed by atoms with Crippen molar-refractivity contribution in [3.05, 3.63) is 23.9 Å². The molecule has 0 atom stereocenters. The van der Waals surface area contributed by atoms with E-state index in [0.29, 0.717) is 5.75 Å². The summed E-state index contributed by atoms with van der Waals surface area (Å²) in [5.41, 5.74) is 0.760. The summed E-state index contributed by atoms with van der Waals surface area (Å²) in [7, 11) is -3.79. The summed E-state index contributed by atoms with van der Waals surface area (Å²) in [6.45, 7) is 3.78. The van der Waals surface area contributed by atoms with E-state index in [2.05, 4.69) is 16.3 Å². The number of thioether (sulfide) groups is 1. The molecule has 0 aromatic carbocycles. The molecule has 0 aliphatic carbocycles. The van der Waals surface area contributed by atoms with Crippen molar-refractivity contribution in [2.75, 3.05) is 18.1 Å². The molecule has 100 valence electrons. The fourth-order valence-electron chi connectivity index (χ4n) is 1.05. The number of sulfonamides is 1. The molecule has 1 aromatic rings. The summed E-state index contributed by atoms with van der Waals surface area (Å²) < 4.78 is 25.7. The van der Waals surface area contributed by atoms with Gasteiger partial charge in [-0.1, -0.05) is 6.08 Å². The van der Waals surface area contributed by atoms with E-state index < -0.39 is 21.7 Å². The van der Waals surface area contributed by atoms with Gasteiger partial charge >= 0.3 is 5.97 Å². The van der Waals surface area contributed by atoms with Crippen LogP contribution in [0.15, 0.2) is 22.4 Å². The second-order valence-electron chi connectivity index (χ2n) is 3.05. The van der Waals surface area contributed by atoms with Crippen LogP contribution in [0.1, 0.15) is 10.5 Å². The van der Waals surface area contributed by atoms with Crippen LogP contribution < -0.4 is 4.72 Å². The van der Waals surface area contributed by atoms with Crippen LogP contribution in [0.5, 0.6) is 0 Å². The highest BCUT2D eigenvalue weighted by molar-refractivity contribution is 7.99. The van der Waals surface area contributed by atoms with Crippen LogP contribution in [-0.4, -0.2) is 42.5 Å². The smallest absolute Gasteiger partial charge is 0.356 e. The normalized spacial score (nSPS) is 11.3. The average molecular weight is 308 g/mol. The fraction of sp³-hybridized carbons (Fsp3) is 0.333. The zero-order valence-corrected chi connectivity index (χ0v) is 11.8. The molecule has 9 heteroatoms. The molecule has 2 N–H and O–H groups in total. The Balaban J connectivity index is 2.66. The molecule has 0 saturated heterocycles. The Morgan fingerprint density at radius 2 is 2.39 bits per heavy atom. The first-order valence-corrected chi connectivity index (χ1v) is 8.36. The van der Waals surface area contributed by atoms with Crippen molar-refractivity contribution >= 4 is 39.1 Å². The van der Waals surface area contributed by atoms with E-state index in [1.807, 2.05) is 0 Å². The average Bonchev–Trinajstić information content (AvgIpc) is 2.78. The molecular weight excluding hydrogens is 296 g/mol. The minimum absolute atomic E-state index is 0.234. The number of aromatic carboxylic acids is 1. The maximum Gasteiger partial charge on any atom is 0.356 e. The molecule has 0 unspecified atom stereocenters. The quantitative estimate of drug-likeness (QED) is 0.550. The van der Waals surface area contributed by atoms with Gasteiger partial charge in [0.15, 0.2) is 9.90 Å². The molecule has 0 spiro atoms. The van der Waals surface area contributed by atoms with Crippen LogP contribution in [0.4, 0.5) is 0 Å². The van der Waals surface area contributed by atoms with E-state index in [0.717, 1.165) is 17.1 Å². The number of hydrogen-bond donors (Lipinski definition) is 2. The molecule has 1 rings (SSSR count). The number of hydrogen-bond acceptors (Lipinski definition) is 6. The Morgan fingerprint density at radius 1 is 1.67 bits per heavy atom. The van der Waals surface area contributed by atoms with Crippen LogP contribution in [0.3, 0.4) is 0 Å². The Labute approximate surface area is 113 Å². The minimum Gasteiger partial charge on any atom is -0.476 e. The first kappa shape index (κ1) is 15.2. The summed E-state index contributed by atoms with van der Waals surface area (Å²) in [4.78, 5) is 14.3. The molecule has 0 radical (unpaired) electrons. The third-order valence-electron chi connectivity index (χ3n) is 1.76. The molecule has 0 amide bonds. The zero-order chi connectivity index (χ0) is 13.6. The molecule has 0 aliphatic heterocycles. The molecule has 6 nitrogen and oxygen atoms in total. The number of carbonyl (C=O) groups is 1. The third kappa shape index (κ3) is 4.09. The number of nitrogens with one attached hydrogen (secondary N) is 1. The molecule has 0 fully saturated rings. The molecule has 0 bridgehead atoms. The van der Waals surface area contributed by atoms with Gasteiger partial charge in [-0.25, -0.2) is 22.9 Å². The van der Waals surface area contributed by atoms with Crippen LogP contribution in [0.2, 0.25) is 0 Å². The second-order valence-corrected chi connectivity index (χ2v) is 7.02. The standard InChI is InChI=1S/C9H12N2O4S3/c1-2-4-16-5-3-11-18(14,15)9-7(8(12)13)10-6-17-9/h2,6,11H,1,3-5H2,(H,12,13). The Kier molecular flexibility index (Phi) is 5.79. The lowest BCUT2D eigenvalue weighted by Gasteiger charge is -2.04. The molecule has 1 aromatic heterocycles. The minimum atomic E-state index is -3.79. The first-order chi connectivity index (χ1) is 8.49. The molecular formula is C9H12N2O4S3.